The number of benzene rings is 4. The highest BCUT2D eigenvalue weighted by atomic mass is 28.4. The van der Waals surface area contributed by atoms with Gasteiger partial charge in [0, 0.05) is 97.9 Å². The predicted octanol–water partition coefficient (Wildman–Crippen LogP) is 11.7. The molecule has 6 aromatic rings. The van der Waals surface area contributed by atoms with Gasteiger partial charge in [-0.1, -0.05) is 111 Å². The summed E-state index contributed by atoms with van der Waals surface area (Å²) < 4.78 is 21.0. The van der Waals surface area contributed by atoms with Crippen molar-refractivity contribution in [1.82, 2.24) is 35.0 Å². The molecule has 84 heavy (non-hydrogen) atoms. The molecule has 0 unspecified atom stereocenters. The van der Waals surface area contributed by atoms with E-state index in [2.05, 4.69) is 101 Å². The minimum Gasteiger partial charge on any atom is -0.490 e. The van der Waals surface area contributed by atoms with Gasteiger partial charge < -0.3 is 28.1 Å². The number of hydrazine groups is 2. The fourth-order valence-corrected chi connectivity index (χ4v) is 9.01. The summed E-state index contributed by atoms with van der Waals surface area (Å²) in [5.41, 5.74) is 11.8. The summed E-state index contributed by atoms with van der Waals surface area (Å²) in [7, 11) is 2.40. The van der Waals surface area contributed by atoms with Crippen molar-refractivity contribution in [2.75, 3.05) is 19.8 Å². The number of aldehydes is 1. The van der Waals surface area contributed by atoms with E-state index >= 15 is 0 Å². The lowest BCUT2D eigenvalue weighted by molar-refractivity contribution is -0.117. The molecule has 2 heterocycles. The van der Waals surface area contributed by atoms with Crippen molar-refractivity contribution in [3.8, 4) is 46.2 Å². The van der Waals surface area contributed by atoms with Crippen molar-refractivity contribution < 1.29 is 38.2 Å². The van der Waals surface area contributed by atoms with E-state index in [1.807, 2.05) is 114 Å². The van der Waals surface area contributed by atoms with Crippen LogP contribution in [-0.2, 0) is 40.7 Å². The Morgan fingerprint density at radius 3 is 1.52 bits per heavy atom. The zero-order chi connectivity index (χ0) is 63.3. The van der Waals surface area contributed by atoms with E-state index in [9.17, 15) is 29.5 Å². The van der Waals surface area contributed by atoms with Crippen LogP contribution >= 0.6 is 0 Å². The van der Waals surface area contributed by atoms with Gasteiger partial charge in [0.15, 0.2) is 8.32 Å². The van der Waals surface area contributed by atoms with Crippen LogP contribution in [0.25, 0.3) is 22.5 Å². The monoisotopic (exact) mass is 1170 g/mol. The second-order valence-corrected chi connectivity index (χ2v) is 29.3. The molecule has 18 nitrogen and oxygen atoms in total. The van der Waals surface area contributed by atoms with Crippen LogP contribution in [0.15, 0.2) is 97.3 Å². The maximum atomic E-state index is 13.0. The van der Waals surface area contributed by atoms with Crippen molar-refractivity contribution in [1.29, 1.82) is 10.5 Å². The van der Waals surface area contributed by atoms with Gasteiger partial charge in [-0.05, 0) is 101 Å². The second-order valence-electron chi connectivity index (χ2n) is 24.5. The molecule has 0 spiro atoms. The number of rotatable bonds is 19. The molecule has 0 atom stereocenters. The fraction of sp³-hybridized carbons (Fsp3) is 0.446. The molecule has 0 aliphatic rings. The Bertz CT molecular complexity index is 3200. The highest BCUT2D eigenvalue weighted by Gasteiger charge is 2.37. The molecule has 2 amide bonds. The number of Topliss-reactive ketones (excluding diaryl/α,β-unsaturated/α-hetero) is 1. The lowest BCUT2D eigenvalue weighted by Crippen LogP contribution is -2.42. The van der Waals surface area contributed by atoms with E-state index in [1.165, 1.54) is 12.1 Å². The number of hydrogen-bond acceptors (Lipinski definition) is 14. The average molecular weight is 1170 g/mol. The van der Waals surface area contributed by atoms with Crippen molar-refractivity contribution in [2.24, 2.45) is 19.9 Å². The largest absolute Gasteiger partial charge is 0.490 e. The summed E-state index contributed by atoms with van der Waals surface area (Å²) in [6, 6.07) is 29.1. The molecule has 452 valence electrons. The molecule has 0 bridgehead atoms. The third kappa shape index (κ3) is 22.1. The first-order chi connectivity index (χ1) is 39.2. The van der Waals surface area contributed by atoms with Gasteiger partial charge in [0.25, 0.3) is 11.8 Å². The van der Waals surface area contributed by atoms with Crippen LogP contribution in [0.5, 0.6) is 11.5 Å². The summed E-state index contributed by atoms with van der Waals surface area (Å²) in [5.74, 6) is 7.43. The number of hydrogen-bond donors (Lipinski definition) is 4. The molecule has 5 N–H and O–H groups in total. The molecular formula is C65H90N10O8Si. The van der Waals surface area contributed by atoms with E-state index in [-0.39, 0.29) is 46.4 Å². The van der Waals surface area contributed by atoms with Gasteiger partial charge in [-0.25, -0.2) is 20.8 Å². The number of nitrogen functional groups attached to an aromatic ring is 1. The maximum absolute atomic E-state index is 13.0. The van der Waals surface area contributed by atoms with E-state index in [0.29, 0.717) is 71.9 Å². The number of nitriles is 2. The van der Waals surface area contributed by atoms with E-state index < -0.39 is 14.2 Å². The second kappa shape index (κ2) is 31.8. The van der Waals surface area contributed by atoms with Gasteiger partial charge in [0.1, 0.15) is 47.4 Å². The van der Waals surface area contributed by atoms with Crippen LogP contribution in [0, 0.1) is 22.7 Å². The zero-order valence-corrected chi connectivity index (χ0v) is 53.7. The van der Waals surface area contributed by atoms with Gasteiger partial charge in [0.2, 0.25) is 0 Å². The summed E-state index contributed by atoms with van der Waals surface area (Å²) in [6.45, 7) is 34.5. The first kappa shape index (κ1) is 70.5. The molecule has 0 saturated heterocycles. The molecule has 2 aromatic heterocycles. The standard InChI is InChI=1S/C29H37N5O3.C15H18N2O.C11H13N3O2.C10H22O2Si/c1-20(2)37-26-13-12-23(16-24(26)17-30)27(36)32-34(14-7-15-35)18-21-8-10-22(11-9-21)25-19-33(6)28(31-25)29(3,4)5;1-15(2,3)14-16-13(9-17(14)4)12-7-5-11(10-18)6-8-12;1-7(2)16-10-4-3-8(11(15)14-13)5-9(10)6-12;1-9(11)7-8-12-13(5,6)10(2,3)4/h8-13,16,19-20,35H,7,14-15,18H2,1-6H3,(H,32,36);5-10H,1-4H3;3-5,7H,13H2,1-2H3,(H,14,15);7-8H2,1-6H3. The molecular weight excluding hydrogens is 1080 g/mol. The summed E-state index contributed by atoms with van der Waals surface area (Å²) >= 11 is 0. The number of ketones is 1. The van der Waals surface area contributed by atoms with Crippen molar-refractivity contribution >= 4 is 32.2 Å². The lowest BCUT2D eigenvalue weighted by Gasteiger charge is -2.36. The third-order valence-electron chi connectivity index (χ3n) is 13.2. The molecule has 0 radical (unpaired) electrons. The van der Waals surface area contributed by atoms with Crippen LogP contribution in [0.2, 0.25) is 18.1 Å². The van der Waals surface area contributed by atoms with E-state index in [1.54, 1.807) is 36.2 Å². The van der Waals surface area contributed by atoms with Crippen LogP contribution in [0.4, 0.5) is 0 Å². The lowest BCUT2D eigenvalue weighted by atomic mass is 9.96. The molecule has 0 fully saturated rings. The highest BCUT2D eigenvalue weighted by Crippen LogP contribution is 2.36. The van der Waals surface area contributed by atoms with Crippen LogP contribution in [0.3, 0.4) is 0 Å². The van der Waals surface area contributed by atoms with Crippen molar-refractivity contribution in [3.05, 3.63) is 142 Å². The molecule has 6 rings (SSSR count). The third-order valence-corrected chi connectivity index (χ3v) is 17.7. The van der Waals surface area contributed by atoms with Crippen LogP contribution < -0.4 is 26.2 Å². The number of ether oxygens (including phenoxy) is 2. The number of aryl methyl sites for hydroxylation is 2. The Morgan fingerprint density at radius 1 is 0.726 bits per heavy atom. The first-order valence-electron chi connectivity index (χ1n) is 28.1. The van der Waals surface area contributed by atoms with E-state index in [0.717, 1.165) is 46.0 Å². The minimum absolute atomic E-state index is 0.0148. The molecule has 0 saturated carbocycles. The Morgan fingerprint density at radius 2 is 1.17 bits per heavy atom. The summed E-state index contributed by atoms with van der Waals surface area (Å²) in [6.07, 6.45) is 5.86. The quantitative estimate of drug-likeness (QED) is 0.0194. The van der Waals surface area contributed by atoms with Gasteiger partial charge in [-0.2, -0.15) is 10.5 Å². The van der Waals surface area contributed by atoms with Crippen LogP contribution in [0.1, 0.15) is 169 Å². The van der Waals surface area contributed by atoms with Crippen molar-refractivity contribution in [2.45, 2.75) is 157 Å². The summed E-state index contributed by atoms with van der Waals surface area (Å²) in [5, 5.41) is 29.8. The molecule has 4 aromatic carbocycles. The zero-order valence-electron chi connectivity index (χ0n) is 52.7. The number of carbonyl (C=O) groups excluding carboxylic acids is 4. The van der Waals surface area contributed by atoms with Gasteiger partial charge >= 0.3 is 0 Å². The Labute approximate surface area is 499 Å². The Balaban J connectivity index is 0.000000327. The number of imidazole rings is 2. The number of aliphatic hydroxyl groups is 1. The number of amides is 2. The smallest absolute Gasteiger partial charge is 0.265 e. The SMILES string of the molecule is CC(=O)CCO[Si](C)(C)C(C)(C)C.CC(C)Oc1ccc(C(=O)NN(CCCO)Cc2ccc(-c3cn(C)c(C(C)(C)C)n3)cc2)cc1C#N.CC(C)Oc1ccc(C(=O)NN)cc1C#N.Cn1cc(-c2ccc(C=O)cc2)nc1C(C)(C)C. The van der Waals surface area contributed by atoms with Crippen molar-refractivity contribution in [3.63, 3.8) is 0 Å². The number of aromatic nitrogens is 4. The number of nitrogens with one attached hydrogen (secondary N) is 2. The normalized spacial score (nSPS) is 11.4. The molecule has 0 aliphatic heterocycles. The van der Waals surface area contributed by atoms with Crippen LogP contribution in [-0.4, -0.2) is 93.4 Å². The first-order valence-corrected chi connectivity index (χ1v) is 31.0. The Hall–Kier alpha value is -7.78. The maximum Gasteiger partial charge on any atom is 0.265 e. The summed E-state index contributed by atoms with van der Waals surface area (Å²) in [4.78, 5) is 55.1. The topological polar surface area (TPSA) is 253 Å². The highest BCUT2D eigenvalue weighted by molar-refractivity contribution is 6.74. The van der Waals surface area contributed by atoms with Gasteiger partial charge in [-0.3, -0.25) is 30.0 Å². The number of nitrogens with zero attached hydrogens (tertiary/aromatic N) is 7. The number of carbonyl (C=O) groups is 4. The minimum atomic E-state index is -1.62. The number of aliphatic hydroxyl groups excluding tert-OH is 1. The number of nitrogens with two attached hydrogens (primary N) is 1. The molecule has 19 heteroatoms. The predicted molar refractivity (Wildman–Crippen MR) is 334 cm³/mol. The Kier molecular flexibility index (Phi) is 26.6. The fourth-order valence-electron chi connectivity index (χ4n) is 7.96. The van der Waals surface area contributed by atoms with Gasteiger partial charge in [-0.15, -0.1) is 0 Å². The molecule has 0 aliphatic carbocycles. The average Bonchev–Trinajstić information content (AvgIpc) is 4.27. The van der Waals surface area contributed by atoms with Gasteiger partial charge in [0.05, 0.1) is 34.7 Å². The van der Waals surface area contributed by atoms with E-state index in [4.69, 9.17) is 30.0 Å².